The van der Waals surface area contributed by atoms with Gasteiger partial charge in [-0.1, -0.05) is 0 Å². The third kappa shape index (κ3) is 2.67. The van der Waals surface area contributed by atoms with Crippen LogP contribution in [0.3, 0.4) is 0 Å². The molecule has 0 unspecified atom stereocenters. The Labute approximate surface area is 101 Å². The minimum atomic E-state index is 0.398. The lowest BCUT2D eigenvalue weighted by atomic mass is 10.3. The van der Waals surface area contributed by atoms with E-state index in [0.29, 0.717) is 12.6 Å². The third-order valence-electron chi connectivity index (χ3n) is 2.62. The molecule has 2 aromatic rings. The molecule has 0 saturated heterocycles. The largest absolute Gasteiger partial charge is 0.484 e. The van der Waals surface area contributed by atoms with Crippen LogP contribution in [0.2, 0.25) is 0 Å². The van der Waals surface area contributed by atoms with Crippen LogP contribution in [0.1, 0.15) is 32.5 Å². The van der Waals surface area contributed by atoms with Crippen LogP contribution in [0.15, 0.2) is 24.9 Å². The van der Waals surface area contributed by atoms with Crippen molar-refractivity contribution in [1.82, 2.24) is 19.3 Å². The van der Waals surface area contributed by atoms with Gasteiger partial charge in [-0.15, -0.1) is 0 Å². The lowest BCUT2D eigenvalue weighted by Gasteiger charge is -2.11. The van der Waals surface area contributed by atoms with Gasteiger partial charge in [0, 0.05) is 12.6 Å². The number of imidazole rings is 1. The molecule has 0 aliphatic carbocycles. The Morgan fingerprint density at radius 2 is 2.18 bits per heavy atom. The van der Waals surface area contributed by atoms with Gasteiger partial charge < -0.3 is 9.30 Å². The maximum absolute atomic E-state index is 5.68. The van der Waals surface area contributed by atoms with E-state index in [1.165, 1.54) is 0 Å². The second-order valence-corrected chi connectivity index (χ2v) is 4.21. The predicted octanol–water partition coefficient (Wildman–Crippen LogP) is 2.26. The molecule has 92 valence electrons. The lowest BCUT2D eigenvalue weighted by Crippen LogP contribution is -2.07. The van der Waals surface area contributed by atoms with E-state index in [1.54, 1.807) is 6.20 Å². The van der Waals surface area contributed by atoms with E-state index in [2.05, 4.69) is 28.5 Å². The lowest BCUT2D eigenvalue weighted by molar-refractivity contribution is 0.291. The monoisotopic (exact) mass is 234 g/mol. The summed E-state index contributed by atoms with van der Waals surface area (Å²) in [5, 5.41) is 4.16. The quantitative estimate of drug-likeness (QED) is 0.797. The summed E-state index contributed by atoms with van der Waals surface area (Å²) in [4.78, 5) is 4.14. The first-order chi connectivity index (χ1) is 8.20. The highest BCUT2D eigenvalue weighted by molar-refractivity contribution is 5.12. The normalized spacial score (nSPS) is 11.1. The van der Waals surface area contributed by atoms with E-state index < -0.39 is 0 Å². The van der Waals surface area contributed by atoms with Crippen LogP contribution in [0.4, 0.5) is 0 Å². The zero-order chi connectivity index (χ0) is 12.3. The molecule has 0 N–H and O–H groups in total. The highest BCUT2D eigenvalue weighted by atomic mass is 16.5. The highest BCUT2D eigenvalue weighted by Gasteiger charge is 2.06. The number of hydrogen-bond donors (Lipinski definition) is 0. The number of aromatic nitrogens is 4. The standard InChI is InChI=1S/C12H18N4O/c1-4-15-7-12(6-14-15)17-8-11-5-13-9-16(11)10(2)3/h5-7,9-10H,4,8H2,1-3H3. The fourth-order valence-corrected chi connectivity index (χ4v) is 1.66. The second-order valence-electron chi connectivity index (χ2n) is 4.21. The molecule has 5 heteroatoms. The van der Waals surface area contributed by atoms with E-state index >= 15 is 0 Å². The van der Waals surface area contributed by atoms with Crippen molar-refractivity contribution in [1.29, 1.82) is 0 Å². The van der Waals surface area contributed by atoms with Gasteiger partial charge in [0.1, 0.15) is 6.61 Å². The van der Waals surface area contributed by atoms with Gasteiger partial charge in [-0.2, -0.15) is 5.10 Å². The van der Waals surface area contributed by atoms with E-state index in [1.807, 2.05) is 30.3 Å². The van der Waals surface area contributed by atoms with Crippen molar-refractivity contribution in [3.8, 4) is 5.75 Å². The highest BCUT2D eigenvalue weighted by Crippen LogP contribution is 2.13. The van der Waals surface area contributed by atoms with Gasteiger partial charge in [-0.3, -0.25) is 4.68 Å². The third-order valence-corrected chi connectivity index (χ3v) is 2.62. The summed E-state index contributed by atoms with van der Waals surface area (Å²) >= 11 is 0. The molecule has 0 atom stereocenters. The van der Waals surface area contributed by atoms with Crippen LogP contribution in [0.25, 0.3) is 0 Å². The first kappa shape index (κ1) is 11.7. The Kier molecular flexibility index (Phi) is 3.46. The molecule has 0 aromatic carbocycles. The smallest absolute Gasteiger partial charge is 0.157 e. The molecular weight excluding hydrogens is 216 g/mol. The molecular formula is C12H18N4O. The van der Waals surface area contributed by atoms with E-state index in [9.17, 15) is 0 Å². The van der Waals surface area contributed by atoms with Crippen molar-refractivity contribution >= 4 is 0 Å². The average Bonchev–Trinajstić information content (AvgIpc) is 2.95. The number of hydrogen-bond acceptors (Lipinski definition) is 3. The Morgan fingerprint density at radius 3 is 2.82 bits per heavy atom. The molecule has 2 rings (SSSR count). The van der Waals surface area contributed by atoms with Crippen molar-refractivity contribution in [3.63, 3.8) is 0 Å². The molecule has 0 spiro atoms. The molecule has 0 aliphatic rings. The molecule has 0 amide bonds. The molecule has 0 saturated carbocycles. The molecule has 2 heterocycles. The maximum atomic E-state index is 5.68. The van der Waals surface area contributed by atoms with E-state index in [4.69, 9.17) is 4.74 Å². The van der Waals surface area contributed by atoms with E-state index in [0.717, 1.165) is 18.0 Å². The number of nitrogens with zero attached hydrogens (tertiary/aromatic N) is 4. The molecule has 0 radical (unpaired) electrons. The Balaban J connectivity index is 1.99. The minimum Gasteiger partial charge on any atom is -0.484 e. The Hall–Kier alpha value is -1.78. The van der Waals surface area contributed by atoms with Gasteiger partial charge in [0.2, 0.25) is 0 Å². The summed E-state index contributed by atoms with van der Waals surface area (Å²) in [6, 6.07) is 0.398. The molecule has 5 nitrogen and oxygen atoms in total. The summed E-state index contributed by atoms with van der Waals surface area (Å²) in [7, 11) is 0. The van der Waals surface area contributed by atoms with Crippen molar-refractivity contribution in [2.24, 2.45) is 0 Å². The topological polar surface area (TPSA) is 44.9 Å². The Morgan fingerprint density at radius 1 is 1.35 bits per heavy atom. The number of rotatable bonds is 5. The van der Waals surface area contributed by atoms with Gasteiger partial charge in [-0.25, -0.2) is 4.98 Å². The summed E-state index contributed by atoms with van der Waals surface area (Å²) < 4.78 is 9.62. The molecule has 2 aromatic heterocycles. The predicted molar refractivity (Wildman–Crippen MR) is 64.8 cm³/mol. The van der Waals surface area contributed by atoms with Crippen molar-refractivity contribution < 1.29 is 4.74 Å². The summed E-state index contributed by atoms with van der Waals surface area (Å²) in [5.41, 5.74) is 1.07. The van der Waals surface area contributed by atoms with Crippen LogP contribution in [0, 0.1) is 0 Å². The SMILES string of the molecule is CCn1cc(OCc2cncn2C(C)C)cn1. The fourth-order valence-electron chi connectivity index (χ4n) is 1.66. The molecule has 0 aliphatic heterocycles. The first-order valence-electron chi connectivity index (χ1n) is 5.86. The number of ether oxygens (including phenoxy) is 1. The zero-order valence-corrected chi connectivity index (χ0v) is 10.5. The van der Waals surface area contributed by atoms with Crippen molar-refractivity contribution in [3.05, 3.63) is 30.6 Å². The summed E-state index contributed by atoms with van der Waals surface area (Å²) in [6.45, 7) is 7.67. The van der Waals surface area contributed by atoms with Gasteiger partial charge in [0.25, 0.3) is 0 Å². The van der Waals surface area contributed by atoms with Crippen molar-refractivity contribution in [2.75, 3.05) is 0 Å². The molecule has 0 bridgehead atoms. The maximum Gasteiger partial charge on any atom is 0.157 e. The number of aryl methyl sites for hydroxylation is 1. The van der Waals surface area contributed by atoms with Crippen LogP contribution in [-0.4, -0.2) is 19.3 Å². The van der Waals surface area contributed by atoms with Gasteiger partial charge in [0.05, 0.1) is 30.6 Å². The van der Waals surface area contributed by atoms with E-state index in [-0.39, 0.29) is 0 Å². The van der Waals surface area contributed by atoms with Gasteiger partial charge in [0.15, 0.2) is 5.75 Å². The summed E-state index contributed by atoms with van der Waals surface area (Å²) in [5.74, 6) is 0.795. The second kappa shape index (κ2) is 5.03. The minimum absolute atomic E-state index is 0.398. The fraction of sp³-hybridized carbons (Fsp3) is 0.500. The van der Waals surface area contributed by atoms with Crippen LogP contribution in [-0.2, 0) is 13.2 Å². The average molecular weight is 234 g/mol. The molecule has 0 fully saturated rings. The van der Waals surface area contributed by atoms with Crippen molar-refractivity contribution in [2.45, 2.75) is 40.0 Å². The Bertz CT molecular complexity index is 472. The van der Waals surface area contributed by atoms with Gasteiger partial charge in [-0.05, 0) is 20.8 Å². The van der Waals surface area contributed by atoms with Crippen LogP contribution in [0.5, 0.6) is 5.75 Å². The van der Waals surface area contributed by atoms with Gasteiger partial charge >= 0.3 is 0 Å². The van der Waals surface area contributed by atoms with Crippen LogP contribution < -0.4 is 4.74 Å². The van der Waals surface area contributed by atoms with Crippen LogP contribution >= 0.6 is 0 Å². The molecule has 17 heavy (non-hydrogen) atoms. The zero-order valence-electron chi connectivity index (χ0n) is 10.5. The summed E-state index contributed by atoms with van der Waals surface area (Å²) in [6.07, 6.45) is 7.30. The first-order valence-corrected chi connectivity index (χ1v) is 5.86.